The zero-order valence-electron chi connectivity index (χ0n) is 11.6. The largest absolute Gasteiger partial charge is 0.0882 e. The summed E-state index contributed by atoms with van der Waals surface area (Å²) in [6.07, 6.45) is 12.0. The van der Waals surface area contributed by atoms with Crippen LogP contribution >= 0.6 is 22.6 Å². The first-order valence-electron chi connectivity index (χ1n) is 7.35. The van der Waals surface area contributed by atoms with Crippen molar-refractivity contribution in [2.75, 3.05) is 4.43 Å². The van der Waals surface area contributed by atoms with E-state index in [2.05, 4.69) is 55.5 Å². The molecule has 0 aromatic rings. The van der Waals surface area contributed by atoms with E-state index in [4.69, 9.17) is 0 Å². The molecule has 0 heterocycles. The van der Waals surface area contributed by atoms with Gasteiger partial charge in [0, 0.05) is 0 Å². The predicted molar refractivity (Wildman–Crippen MR) is 84.5 cm³/mol. The first kappa shape index (κ1) is 13.9. The second kappa shape index (κ2) is 5.63. The summed E-state index contributed by atoms with van der Waals surface area (Å²) in [6.45, 7) is 7.46. The van der Waals surface area contributed by atoms with Gasteiger partial charge in [-0.25, -0.2) is 0 Å². The maximum absolute atomic E-state index is 2.56. The summed E-state index contributed by atoms with van der Waals surface area (Å²) < 4.78 is 1.33. The molecule has 2 rings (SSSR count). The van der Waals surface area contributed by atoms with Crippen LogP contribution in [-0.2, 0) is 0 Å². The molecule has 98 valence electrons. The predicted octanol–water partition coefficient (Wildman–Crippen LogP) is 5.47. The number of allylic oxidation sites excluding steroid dienone is 2. The fraction of sp³-hybridized carbons (Fsp3) is 0.875. The van der Waals surface area contributed by atoms with E-state index in [1.54, 1.807) is 0 Å². The third-order valence-electron chi connectivity index (χ3n) is 5.46. The molecule has 0 N–H and O–H groups in total. The molecule has 2 aliphatic rings. The van der Waals surface area contributed by atoms with Crippen LogP contribution in [0.5, 0.6) is 0 Å². The Morgan fingerprint density at radius 2 is 2.12 bits per heavy atom. The highest BCUT2D eigenvalue weighted by molar-refractivity contribution is 14.1. The van der Waals surface area contributed by atoms with Gasteiger partial charge in [0.2, 0.25) is 0 Å². The van der Waals surface area contributed by atoms with E-state index in [1.807, 2.05) is 0 Å². The Balaban J connectivity index is 2.21. The van der Waals surface area contributed by atoms with E-state index in [1.165, 1.54) is 36.5 Å². The number of alkyl halides is 1. The van der Waals surface area contributed by atoms with Gasteiger partial charge in [-0.2, -0.15) is 0 Å². The summed E-state index contributed by atoms with van der Waals surface area (Å²) in [5.41, 5.74) is 0.534. The molecule has 1 heteroatoms. The SMILES string of the molecule is CCC1C(CCCI)C2CCC=CC2C1(C)C. The van der Waals surface area contributed by atoms with Crippen LogP contribution in [0.3, 0.4) is 0 Å². The van der Waals surface area contributed by atoms with Crippen molar-refractivity contribution < 1.29 is 0 Å². The third kappa shape index (κ3) is 2.46. The minimum absolute atomic E-state index is 0.534. The van der Waals surface area contributed by atoms with E-state index in [0.29, 0.717) is 5.41 Å². The van der Waals surface area contributed by atoms with Crippen LogP contribution in [0.25, 0.3) is 0 Å². The first-order valence-corrected chi connectivity index (χ1v) is 8.88. The summed E-state index contributed by atoms with van der Waals surface area (Å²) in [7, 11) is 0. The maximum atomic E-state index is 2.56. The average molecular weight is 346 g/mol. The summed E-state index contributed by atoms with van der Waals surface area (Å²) in [5.74, 6) is 3.80. The molecule has 4 unspecified atom stereocenters. The molecule has 4 atom stereocenters. The van der Waals surface area contributed by atoms with Crippen molar-refractivity contribution in [3.05, 3.63) is 12.2 Å². The molecule has 2 aliphatic carbocycles. The molecule has 0 aromatic carbocycles. The summed E-state index contributed by atoms with van der Waals surface area (Å²) >= 11 is 2.54. The van der Waals surface area contributed by atoms with Gasteiger partial charge in [-0.1, -0.05) is 61.9 Å². The van der Waals surface area contributed by atoms with Gasteiger partial charge in [0.15, 0.2) is 0 Å². The Morgan fingerprint density at radius 3 is 2.76 bits per heavy atom. The lowest BCUT2D eigenvalue weighted by Gasteiger charge is -2.33. The van der Waals surface area contributed by atoms with Crippen LogP contribution in [0.1, 0.15) is 52.9 Å². The Kier molecular flexibility index (Phi) is 4.60. The van der Waals surface area contributed by atoms with E-state index in [9.17, 15) is 0 Å². The van der Waals surface area contributed by atoms with E-state index in [0.717, 1.165) is 23.7 Å². The average Bonchev–Trinajstić information content (AvgIpc) is 2.55. The lowest BCUT2D eigenvalue weighted by Crippen LogP contribution is -2.26. The van der Waals surface area contributed by atoms with Gasteiger partial charge in [-0.3, -0.25) is 0 Å². The van der Waals surface area contributed by atoms with Gasteiger partial charge >= 0.3 is 0 Å². The van der Waals surface area contributed by atoms with Gasteiger partial charge in [0.1, 0.15) is 0 Å². The minimum Gasteiger partial charge on any atom is -0.0882 e. The molecule has 0 nitrogen and oxygen atoms in total. The van der Waals surface area contributed by atoms with Crippen LogP contribution in [0.2, 0.25) is 0 Å². The Labute approximate surface area is 121 Å². The van der Waals surface area contributed by atoms with Crippen LogP contribution < -0.4 is 0 Å². The Hall–Kier alpha value is 0.470. The van der Waals surface area contributed by atoms with Crippen molar-refractivity contribution in [2.24, 2.45) is 29.1 Å². The zero-order chi connectivity index (χ0) is 12.5. The zero-order valence-corrected chi connectivity index (χ0v) is 13.7. The maximum Gasteiger partial charge on any atom is -0.000462 e. The van der Waals surface area contributed by atoms with Crippen molar-refractivity contribution >= 4 is 22.6 Å². The van der Waals surface area contributed by atoms with Gasteiger partial charge < -0.3 is 0 Å². The van der Waals surface area contributed by atoms with Crippen LogP contribution in [-0.4, -0.2) is 4.43 Å². The molecule has 0 amide bonds. The van der Waals surface area contributed by atoms with Crippen molar-refractivity contribution in [1.82, 2.24) is 0 Å². The van der Waals surface area contributed by atoms with Gasteiger partial charge in [-0.05, 0) is 59.2 Å². The lowest BCUT2D eigenvalue weighted by atomic mass is 9.71. The monoisotopic (exact) mass is 346 g/mol. The third-order valence-corrected chi connectivity index (χ3v) is 6.23. The second-order valence-electron chi connectivity index (χ2n) is 6.53. The van der Waals surface area contributed by atoms with E-state index >= 15 is 0 Å². The summed E-state index contributed by atoms with van der Waals surface area (Å²) in [5, 5.41) is 0. The minimum atomic E-state index is 0.534. The number of halogens is 1. The second-order valence-corrected chi connectivity index (χ2v) is 7.61. The molecule has 1 saturated carbocycles. The van der Waals surface area contributed by atoms with E-state index < -0.39 is 0 Å². The number of hydrogen-bond acceptors (Lipinski definition) is 0. The van der Waals surface area contributed by atoms with Crippen molar-refractivity contribution in [3.63, 3.8) is 0 Å². The molecule has 17 heavy (non-hydrogen) atoms. The quantitative estimate of drug-likeness (QED) is 0.360. The fourth-order valence-electron chi connectivity index (χ4n) is 4.79. The van der Waals surface area contributed by atoms with Gasteiger partial charge in [0.05, 0.1) is 0 Å². The Morgan fingerprint density at radius 1 is 1.35 bits per heavy atom. The number of rotatable bonds is 4. The Bertz CT molecular complexity index is 279. The van der Waals surface area contributed by atoms with Gasteiger partial charge in [-0.15, -0.1) is 0 Å². The number of hydrogen-bond donors (Lipinski definition) is 0. The molecule has 0 spiro atoms. The molecular weight excluding hydrogens is 319 g/mol. The standard InChI is InChI=1S/C16H27I/c1-4-14-12(9-7-11-17)13-8-5-6-10-15(13)16(14,2)3/h6,10,12-15H,4-5,7-9,11H2,1-3H3. The molecular formula is C16H27I. The topological polar surface area (TPSA) is 0 Å². The summed E-state index contributed by atoms with van der Waals surface area (Å²) in [4.78, 5) is 0. The van der Waals surface area contributed by atoms with Crippen molar-refractivity contribution in [1.29, 1.82) is 0 Å². The van der Waals surface area contributed by atoms with Crippen molar-refractivity contribution in [3.8, 4) is 0 Å². The molecule has 0 radical (unpaired) electrons. The smallest absolute Gasteiger partial charge is 0.000462 e. The highest BCUT2D eigenvalue weighted by Gasteiger charge is 2.52. The van der Waals surface area contributed by atoms with Crippen LogP contribution in [0.15, 0.2) is 12.2 Å². The summed E-state index contributed by atoms with van der Waals surface area (Å²) in [6, 6.07) is 0. The fourth-order valence-corrected chi connectivity index (χ4v) is 5.23. The van der Waals surface area contributed by atoms with E-state index in [-0.39, 0.29) is 0 Å². The van der Waals surface area contributed by atoms with Crippen LogP contribution in [0, 0.1) is 29.1 Å². The highest BCUT2D eigenvalue weighted by atomic mass is 127. The highest BCUT2D eigenvalue weighted by Crippen LogP contribution is 2.59. The number of fused-ring (bicyclic) bond motifs is 1. The van der Waals surface area contributed by atoms with Gasteiger partial charge in [0.25, 0.3) is 0 Å². The van der Waals surface area contributed by atoms with Crippen LogP contribution in [0.4, 0.5) is 0 Å². The molecule has 0 aliphatic heterocycles. The molecule has 0 bridgehead atoms. The lowest BCUT2D eigenvalue weighted by molar-refractivity contribution is 0.180. The van der Waals surface area contributed by atoms with Crippen molar-refractivity contribution in [2.45, 2.75) is 52.9 Å². The first-order chi connectivity index (χ1) is 8.12. The molecule has 0 saturated heterocycles. The normalized spacial score (nSPS) is 39.3. The molecule has 0 aromatic heterocycles. The molecule has 1 fully saturated rings.